The largest absolute Gasteiger partial charge is 0.383 e. The fourth-order valence-corrected chi connectivity index (χ4v) is 4.72. The zero-order valence-electron chi connectivity index (χ0n) is 18.0. The van der Waals surface area contributed by atoms with Crippen molar-refractivity contribution >= 4 is 29.9 Å². The van der Waals surface area contributed by atoms with Gasteiger partial charge in [-0.05, 0) is 62.5 Å². The standard InChI is InChI=1S/C23H37N3O2.HI/c1-3-24-21(25-17-22(12-7-8-13-22)15-16-28-4-2)26-18-23(27)14-11-19-9-5-6-10-20(19)23;/h5-6,9-10,27H,3-4,7-8,11-18H2,1-2H3,(H2,24,25,26);1H. The van der Waals surface area contributed by atoms with Gasteiger partial charge in [0.05, 0.1) is 6.54 Å². The highest BCUT2D eigenvalue weighted by Gasteiger charge is 2.37. The van der Waals surface area contributed by atoms with Crippen LogP contribution in [0.25, 0.3) is 0 Å². The molecule has 0 heterocycles. The molecule has 0 bridgehead atoms. The Hall–Kier alpha value is -0.860. The minimum atomic E-state index is -0.813. The molecule has 1 saturated carbocycles. The van der Waals surface area contributed by atoms with Crippen LogP contribution in [0.4, 0.5) is 0 Å². The maximum absolute atomic E-state index is 11.2. The molecule has 0 aliphatic heterocycles. The third-order valence-electron chi connectivity index (χ3n) is 6.44. The van der Waals surface area contributed by atoms with Gasteiger partial charge in [0.1, 0.15) is 5.60 Å². The molecule has 2 aliphatic carbocycles. The van der Waals surface area contributed by atoms with Crippen LogP contribution in [0, 0.1) is 5.41 Å². The van der Waals surface area contributed by atoms with Crippen molar-refractivity contribution < 1.29 is 9.84 Å². The molecule has 1 aromatic carbocycles. The van der Waals surface area contributed by atoms with Gasteiger partial charge in [-0.1, -0.05) is 37.1 Å². The van der Waals surface area contributed by atoms with Crippen molar-refractivity contribution in [2.45, 2.75) is 64.4 Å². The summed E-state index contributed by atoms with van der Waals surface area (Å²) in [5.74, 6) is 0.808. The number of nitrogens with zero attached hydrogens (tertiary/aromatic N) is 1. The van der Waals surface area contributed by atoms with E-state index in [4.69, 9.17) is 9.73 Å². The number of benzene rings is 1. The molecule has 1 atom stereocenters. The summed E-state index contributed by atoms with van der Waals surface area (Å²) in [4.78, 5) is 4.92. The highest BCUT2D eigenvalue weighted by atomic mass is 127. The second-order valence-electron chi connectivity index (χ2n) is 8.39. The molecular weight excluding hydrogens is 477 g/mol. The van der Waals surface area contributed by atoms with Gasteiger partial charge >= 0.3 is 0 Å². The Balaban J connectivity index is 0.00000300. The SMILES string of the molecule is CCNC(=NCC1(CCOCC)CCCC1)NCC1(O)CCc2ccccc21.I. The Morgan fingerprint density at radius 2 is 1.90 bits per heavy atom. The van der Waals surface area contributed by atoms with E-state index in [1.807, 2.05) is 12.1 Å². The summed E-state index contributed by atoms with van der Waals surface area (Å²) in [7, 11) is 0. The third kappa shape index (κ3) is 6.31. The number of nitrogens with one attached hydrogen (secondary N) is 2. The maximum atomic E-state index is 11.2. The number of aliphatic hydroxyl groups is 1. The van der Waals surface area contributed by atoms with Crippen molar-refractivity contribution in [2.75, 3.05) is 32.8 Å². The van der Waals surface area contributed by atoms with Crippen molar-refractivity contribution in [1.29, 1.82) is 0 Å². The second kappa shape index (κ2) is 11.5. The average Bonchev–Trinajstić information content (AvgIpc) is 3.31. The van der Waals surface area contributed by atoms with Crippen molar-refractivity contribution in [3.8, 4) is 0 Å². The molecule has 0 aromatic heterocycles. The Bertz CT molecular complexity index is 661. The number of hydrogen-bond donors (Lipinski definition) is 3. The van der Waals surface area contributed by atoms with E-state index in [-0.39, 0.29) is 29.4 Å². The number of aryl methyl sites for hydroxylation is 1. The Kier molecular flexibility index (Phi) is 9.69. The first-order valence-electron chi connectivity index (χ1n) is 11.0. The molecule has 2 aliphatic rings. The smallest absolute Gasteiger partial charge is 0.191 e. The van der Waals surface area contributed by atoms with E-state index < -0.39 is 5.60 Å². The fraction of sp³-hybridized carbons (Fsp3) is 0.696. The van der Waals surface area contributed by atoms with E-state index in [1.54, 1.807) is 0 Å². The summed E-state index contributed by atoms with van der Waals surface area (Å²) >= 11 is 0. The minimum Gasteiger partial charge on any atom is -0.383 e. The van der Waals surface area contributed by atoms with E-state index in [2.05, 4.69) is 36.6 Å². The lowest BCUT2D eigenvalue weighted by atomic mass is 9.83. The van der Waals surface area contributed by atoms with E-state index in [9.17, 15) is 5.11 Å². The van der Waals surface area contributed by atoms with Crippen LogP contribution >= 0.6 is 24.0 Å². The van der Waals surface area contributed by atoms with Crippen LogP contribution in [0.3, 0.4) is 0 Å². The van der Waals surface area contributed by atoms with Gasteiger partial charge in [-0.25, -0.2) is 0 Å². The zero-order valence-corrected chi connectivity index (χ0v) is 20.3. The monoisotopic (exact) mass is 515 g/mol. The Morgan fingerprint density at radius 3 is 2.62 bits per heavy atom. The van der Waals surface area contributed by atoms with Gasteiger partial charge in [-0.2, -0.15) is 0 Å². The molecule has 1 unspecified atom stereocenters. The normalized spacial score (nSPS) is 22.8. The molecule has 164 valence electrons. The molecule has 29 heavy (non-hydrogen) atoms. The molecular formula is C23H38IN3O2. The van der Waals surface area contributed by atoms with E-state index in [0.29, 0.717) is 6.54 Å². The molecule has 1 fully saturated rings. The van der Waals surface area contributed by atoms with Gasteiger partial charge in [0.2, 0.25) is 0 Å². The summed E-state index contributed by atoms with van der Waals surface area (Å²) in [6.07, 6.45) is 7.84. The van der Waals surface area contributed by atoms with Crippen LogP contribution in [-0.4, -0.2) is 43.9 Å². The molecule has 5 nitrogen and oxygen atoms in total. The van der Waals surface area contributed by atoms with E-state index in [1.165, 1.54) is 31.2 Å². The highest BCUT2D eigenvalue weighted by molar-refractivity contribution is 14.0. The zero-order chi connectivity index (χ0) is 19.9. The predicted molar refractivity (Wildman–Crippen MR) is 130 cm³/mol. The first kappa shape index (κ1) is 24.4. The minimum absolute atomic E-state index is 0. The van der Waals surface area contributed by atoms with Crippen molar-refractivity contribution in [2.24, 2.45) is 10.4 Å². The molecule has 0 saturated heterocycles. The number of rotatable bonds is 9. The van der Waals surface area contributed by atoms with Crippen molar-refractivity contribution in [3.05, 3.63) is 35.4 Å². The molecule has 1 aromatic rings. The maximum Gasteiger partial charge on any atom is 0.191 e. The van der Waals surface area contributed by atoms with Gasteiger partial charge in [-0.15, -0.1) is 24.0 Å². The van der Waals surface area contributed by atoms with Crippen LogP contribution in [0.15, 0.2) is 29.3 Å². The Morgan fingerprint density at radius 1 is 1.14 bits per heavy atom. The fourth-order valence-electron chi connectivity index (χ4n) is 4.72. The number of fused-ring (bicyclic) bond motifs is 1. The molecule has 3 rings (SSSR count). The van der Waals surface area contributed by atoms with Gasteiger partial charge < -0.3 is 20.5 Å². The van der Waals surface area contributed by atoms with Crippen LogP contribution in [0.5, 0.6) is 0 Å². The van der Waals surface area contributed by atoms with Gasteiger partial charge in [0.15, 0.2) is 5.96 Å². The predicted octanol–water partition coefficient (Wildman–Crippen LogP) is 3.98. The number of hydrogen-bond acceptors (Lipinski definition) is 3. The third-order valence-corrected chi connectivity index (χ3v) is 6.44. The Labute approximate surface area is 193 Å². The lowest BCUT2D eigenvalue weighted by molar-refractivity contribution is 0.0432. The number of aliphatic imine (C=N–C) groups is 1. The van der Waals surface area contributed by atoms with Crippen LogP contribution in [-0.2, 0) is 16.8 Å². The molecule has 0 amide bonds. The van der Waals surface area contributed by atoms with Crippen molar-refractivity contribution in [1.82, 2.24) is 10.6 Å². The summed E-state index contributed by atoms with van der Waals surface area (Å²) in [5, 5.41) is 17.9. The summed E-state index contributed by atoms with van der Waals surface area (Å²) in [6, 6.07) is 8.23. The number of ether oxygens (including phenoxy) is 1. The molecule has 0 radical (unpaired) electrons. The quantitative estimate of drug-likeness (QED) is 0.202. The topological polar surface area (TPSA) is 65.9 Å². The summed E-state index contributed by atoms with van der Waals surface area (Å²) in [5.41, 5.74) is 1.78. The van der Waals surface area contributed by atoms with Gasteiger partial charge in [0, 0.05) is 26.3 Å². The first-order chi connectivity index (χ1) is 13.6. The highest BCUT2D eigenvalue weighted by Crippen LogP contribution is 2.41. The molecule has 6 heteroatoms. The molecule has 0 spiro atoms. The van der Waals surface area contributed by atoms with Crippen molar-refractivity contribution in [3.63, 3.8) is 0 Å². The summed E-state index contributed by atoms with van der Waals surface area (Å²) in [6.45, 7) is 7.87. The van der Waals surface area contributed by atoms with E-state index >= 15 is 0 Å². The summed E-state index contributed by atoms with van der Waals surface area (Å²) < 4.78 is 5.62. The second-order valence-corrected chi connectivity index (χ2v) is 8.39. The molecule has 3 N–H and O–H groups in total. The lowest BCUT2D eigenvalue weighted by Gasteiger charge is -2.28. The van der Waals surface area contributed by atoms with Gasteiger partial charge in [0.25, 0.3) is 0 Å². The lowest BCUT2D eigenvalue weighted by Crippen LogP contribution is -2.45. The van der Waals surface area contributed by atoms with Crippen LogP contribution < -0.4 is 10.6 Å². The van der Waals surface area contributed by atoms with E-state index in [0.717, 1.165) is 57.1 Å². The average molecular weight is 515 g/mol. The van der Waals surface area contributed by atoms with Crippen LogP contribution in [0.2, 0.25) is 0 Å². The number of guanidine groups is 1. The number of halogens is 1. The van der Waals surface area contributed by atoms with Crippen LogP contribution in [0.1, 0.15) is 63.5 Å². The van der Waals surface area contributed by atoms with Gasteiger partial charge in [-0.3, -0.25) is 4.99 Å². The first-order valence-corrected chi connectivity index (χ1v) is 11.0.